The third kappa shape index (κ3) is 6.83. The minimum Gasteiger partial charge on any atom is -0.494 e. The maximum absolute atomic E-state index is 13.5. The standard InChI is InChI=1S/C33H38BrN10O2P/c1-42-20-22(17-38-42)23-15-27(29(46-2)16-28(23)44-13-11-43(12-14-44)19-21-5-6-21)40-33-37-18-24(34)32(41-33)39-26-8-7-25-30(36-10-9-35-25)31(26)47(3,4)45/h7-10,15-18,20-21H,5-6,11-14,19H2,1-4H3,(H2,37,39,40,41). The van der Waals surface area contributed by atoms with Gasteiger partial charge in [-0.05, 0) is 66.2 Å². The molecule has 14 heteroatoms. The summed E-state index contributed by atoms with van der Waals surface area (Å²) in [6.45, 7) is 8.67. The Balaban J connectivity index is 1.21. The number of aromatic nitrogens is 6. The van der Waals surface area contributed by atoms with Gasteiger partial charge in [0, 0.05) is 87.4 Å². The van der Waals surface area contributed by atoms with E-state index in [0.717, 1.165) is 54.6 Å². The van der Waals surface area contributed by atoms with Crippen molar-refractivity contribution in [3.63, 3.8) is 0 Å². The van der Waals surface area contributed by atoms with E-state index in [9.17, 15) is 4.57 Å². The second-order valence-electron chi connectivity index (χ2n) is 12.6. The summed E-state index contributed by atoms with van der Waals surface area (Å²) in [5, 5.41) is 11.9. The lowest BCUT2D eigenvalue weighted by Crippen LogP contribution is -2.47. The lowest BCUT2D eigenvalue weighted by molar-refractivity contribution is 0.248. The molecule has 2 N–H and O–H groups in total. The molecular weight excluding hydrogens is 679 g/mol. The first-order valence-corrected chi connectivity index (χ1v) is 19.1. The average molecular weight is 718 g/mol. The van der Waals surface area contributed by atoms with E-state index in [1.807, 2.05) is 36.3 Å². The summed E-state index contributed by atoms with van der Waals surface area (Å²) in [7, 11) is 0.845. The Labute approximate surface area is 282 Å². The molecule has 2 fully saturated rings. The first-order chi connectivity index (χ1) is 22.7. The zero-order valence-electron chi connectivity index (χ0n) is 26.9. The number of hydrogen-bond acceptors (Lipinski definition) is 11. The van der Waals surface area contributed by atoms with Crippen molar-refractivity contribution >= 4 is 68.2 Å². The normalized spacial score (nSPS) is 15.6. The summed E-state index contributed by atoms with van der Waals surface area (Å²) in [4.78, 5) is 23.3. The number of fused-ring (bicyclic) bond motifs is 1. The highest BCUT2D eigenvalue weighted by atomic mass is 79.9. The van der Waals surface area contributed by atoms with Gasteiger partial charge in [-0.15, -0.1) is 0 Å². The SMILES string of the molecule is COc1cc(N2CCN(CC3CC3)CC2)c(-c2cnn(C)c2)cc1Nc1ncc(Br)c(Nc2ccc3nccnc3c2P(C)(C)=O)n1. The largest absolute Gasteiger partial charge is 0.494 e. The van der Waals surface area contributed by atoms with Crippen molar-refractivity contribution in [3.05, 3.63) is 59.7 Å². The molecule has 0 unspecified atom stereocenters. The Kier molecular flexibility index (Phi) is 8.63. The van der Waals surface area contributed by atoms with Crippen LogP contribution in [0.25, 0.3) is 22.2 Å². The summed E-state index contributed by atoms with van der Waals surface area (Å²) >= 11 is 3.59. The molecule has 0 bridgehead atoms. The van der Waals surface area contributed by atoms with Crippen LogP contribution in [0.1, 0.15) is 12.8 Å². The number of methoxy groups -OCH3 is 1. The molecule has 3 aromatic heterocycles. The fraction of sp³-hybridized carbons (Fsp3) is 0.364. The molecule has 0 spiro atoms. The van der Waals surface area contributed by atoms with Gasteiger partial charge in [0.1, 0.15) is 24.2 Å². The number of rotatable bonds is 10. The number of ether oxygens (including phenoxy) is 1. The fourth-order valence-corrected chi connectivity index (χ4v) is 7.84. The quantitative estimate of drug-likeness (QED) is 0.169. The molecule has 1 saturated heterocycles. The van der Waals surface area contributed by atoms with Gasteiger partial charge in [-0.3, -0.25) is 19.5 Å². The summed E-state index contributed by atoms with van der Waals surface area (Å²) in [5.41, 5.74) is 5.84. The highest BCUT2D eigenvalue weighted by Crippen LogP contribution is 2.43. The van der Waals surface area contributed by atoms with Crippen molar-refractivity contribution in [1.29, 1.82) is 0 Å². The van der Waals surface area contributed by atoms with Crippen molar-refractivity contribution in [2.75, 3.05) is 68.7 Å². The van der Waals surface area contributed by atoms with Crippen LogP contribution in [0, 0.1) is 5.92 Å². The number of benzene rings is 2. The van der Waals surface area contributed by atoms with Crippen LogP contribution in [0.4, 0.5) is 28.8 Å². The zero-order chi connectivity index (χ0) is 32.7. The van der Waals surface area contributed by atoms with Crippen molar-refractivity contribution in [1.82, 2.24) is 34.6 Å². The fourth-order valence-electron chi connectivity index (χ4n) is 6.16. The predicted octanol–water partition coefficient (Wildman–Crippen LogP) is 5.86. The number of halogens is 1. The second-order valence-corrected chi connectivity index (χ2v) is 16.6. The molecule has 2 aromatic carbocycles. The maximum Gasteiger partial charge on any atom is 0.229 e. The van der Waals surface area contributed by atoms with Crippen molar-refractivity contribution in [3.8, 4) is 16.9 Å². The van der Waals surface area contributed by atoms with Crippen LogP contribution < -0.4 is 25.6 Å². The first kappa shape index (κ1) is 31.5. The molecule has 0 radical (unpaired) electrons. The van der Waals surface area contributed by atoms with E-state index in [2.05, 4.69) is 68.5 Å². The van der Waals surface area contributed by atoms with Crippen molar-refractivity contribution < 1.29 is 9.30 Å². The molecule has 1 saturated carbocycles. The van der Waals surface area contributed by atoms with Gasteiger partial charge >= 0.3 is 0 Å². The minimum absolute atomic E-state index is 0.367. The minimum atomic E-state index is -2.76. The molecule has 12 nitrogen and oxygen atoms in total. The Morgan fingerprint density at radius 3 is 2.49 bits per heavy atom. The molecule has 1 aliphatic heterocycles. The topological polar surface area (TPSA) is 126 Å². The van der Waals surface area contributed by atoms with Crippen LogP contribution in [0.2, 0.25) is 0 Å². The van der Waals surface area contributed by atoms with Crippen LogP contribution >= 0.6 is 23.1 Å². The number of anilines is 5. The van der Waals surface area contributed by atoms with Gasteiger partial charge in [-0.1, -0.05) is 0 Å². The molecule has 5 aromatic rings. The third-order valence-corrected chi connectivity index (χ3v) is 10.8. The number of piperazine rings is 1. The lowest BCUT2D eigenvalue weighted by Gasteiger charge is -2.37. The van der Waals surface area contributed by atoms with E-state index >= 15 is 0 Å². The van der Waals surface area contributed by atoms with E-state index in [-0.39, 0.29) is 0 Å². The average Bonchev–Trinajstić information content (AvgIpc) is 3.77. The van der Waals surface area contributed by atoms with Crippen molar-refractivity contribution in [2.24, 2.45) is 13.0 Å². The molecule has 0 atom stereocenters. The van der Waals surface area contributed by atoms with E-state index in [1.165, 1.54) is 19.4 Å². The molecule has 7 rings (SSSR count). The lowest BCUT2D eigenvalue weighted by atomic mass is 10.0. The van der Waals surface area contributed by atoms with Crippen LogP contribution in [0.15, 0.2) is 59.7 Å². The molecule has 47 heavy (non-hydrogen) atoms. The van der Waals surface area contributed by atoms with Crippen LogP contribution in [0.5, 0.6) is 5.75 Å². The van der Waals surface area contributed by atoms with Gasteiger partial charge in [0.2, 0.25) is 5.95 Å². The van der Waals surface area contributed by atoms with E-state index < -0.39 is 7.14 Å². The second kappa shape index (κ2) is 12.9. The summed E-state index contributed by atoms with van der Waals surface area (Å²) in [6.07, 6.45) is 11.6. The van der Waals surface area contributed by atoms with Gasteiger partial charge in [0.15, 0.2) is 0 Å². The molecule has 2 aliphatic rings. The van der Waals surface area contributed by atoms with Gasteiger partial charge in [0.05, 0.1) is 40.0 Å². The Hall–Kier alpha value is -4.06. The number of hydrogen-bond donors (Lipinski definition) is 2. The summed E-state index contributed by atoms with van der Waals surface area (Å²) in [6, 6.07) is 7.91. The predicted molar refractivity (Wildman–Crippen MR) is 191 cm³/mol. The maximum atomic E-state index is 13.5. The smallest absolute Gasteiger partial charge is 0.229 e. The molecule has 1 aliphatic carbocycles. The van der Waals surface area contributed by atoms with E-state index in [4.69, 9.17) is 9.72 Å². The summed E-state index contributed by atoms with van der Waals surface area (Å²) in [5.74, 6) is 2.44. The third-order valence-electron chi connectivity index (χ3n) is 8.66. The Morgan fingerprint density at radius 1 is 1.00 bits per heavy atom. The van der Waals surface area contributed by atoms with Crippen LogP contribution in [0.3, 0.4) is 0 Å². The monoisotopic (exact) mass is 716 g/mol. The highest BCUT2D eigenvalue weighted by molar-refractivity contribution is 9.10. The zero-order valence-corrected chi connectivity index (χ0v) is 29.4. The number of nitrogens with zero attached hydrogens (tertiary/aromatic N) is 8. The highest BCUT2D eigenvalue weighted by Gasteiger charge is 2.28. The molecular formula is C33H38BrN10O2P. The molecule has 0 amide bonds. The first-order valence-electron chi connectivity index (χ1n) is 15.7. The van der Waals surface area contributed by atoms with Gasteiger partial charge in [-0.2, -0.15) is 10.1 Å². The Bertz CT molecular complexity index is 1980. The molecule has 4 heterocycles. The van der Waals surface area contributed by atoms with Crippen molar-refractivity contribution in [2.45, 2.75) is 12.8 Å². The van der Waals surface area contributed by atoms with E-state index in [0.29, 0.717) is 44.0 Å². The summed E-state index contributed by atoms with van der Waals surface area (Å²) < 4.78 is 21.9. The van der Waals surface area contributed by atoms with E-state index in [1.54, 1.807) is 39.0 Å². The van der Waals surface area contributed by atoms with Crippen LogP contribution in [-0.2, 0) is 11.6 Å². The molecule has 244 valence electrons. The van der Waals surface area contributed by atoms with Gasteiger partial charge < -0.3 is 24.8 Å². The number of nitrogens with one attached hydrogen (secondary N) is 2. The van der Waals surface area contributed by atoms with Gasteiger partial charge in [0.25, 0.3) is 0 Å². The van der Waals surface area contributed by atoms with Gasteiger partial charge in [-0.25, -0.2) is 4.98 Å². The number of aryl methyl sites for hydroxylation is 1. The Morgan fingerprint density at radius 2 is 1.79 bits per heavy atom. The van der Waals surface area contributed by atoms with Crippen LogP contribution in [-0.4, -0.2) is 87.8 Å².